The topological polar surface area (TPSA) is 153 Å². The van der Waals surface area contributed by atoms with Gasteiger partial charge in [0.25, 0.3) is 5.91 Å². The van der Waals surface area contributed by atoms with Crippen molar-refractivity contribution in [2.24, 2.45) is 0 Å². The summed E-state index contributed by atoms with van der Waals surface area (Å²) in [5.74, 6) is -0.522. The number of hydrogen-bond acceptors (Lipinski definition) is 8. The van der Waals surface area contributed by atoms with E-state index < -0.39 is 15.9 Å². The maximum atomic E-state index is 13.1. The first-order valence-corrected chi connectivity index (χ1v) is 13.4. The lowest BCUT2D eigenvalue weighted by molar-refractivity contribution is 0.0946. The number of benzene rings is 2. The fraction of sp³-hybridized carbons (Fsp3) is 0.0741. The molecule has 11 heteroatoms. The van der Waals surface area contributed by atoms with Crippen LogP contribution in [0.25, 0.3) is 33.4 Å². The van der Waals surface area contributed by atoms with Crippen LogP contribution in [-0.2, 0) is 16.6 Å². The first kappa shape index (κ1) is 24.8. The molecule has 0 saturated heterocycles. The molecule has 0 atom stereocenters. The van der Waals surface area contributed by atoms with Gasteiger partial charge in [-0.05, 0) is 30.3 Å². The molecule has 0 spiro atoms. The minimum Gasteiger partial charge on any atom is -0.382 e. The molecule has 0 fully saturated rings. The highest BCUT2D eigenvalue weighted by atomic mass is 32.2. The van der Waals surface area contributed by atoms with E-state index in [-0.39, 0.29) is 18.1 Å². The number of nitrogen functional groups attached to an aromatic ring is 1. The van der Waals surface area contributed by atoms with Gasteiger partial charge in [-0.3, -0.25) is 19.5 Å². The molecule has 4 N–H and O–H groups in total. The lowest BCUT2D eigenvalue weighted by atomic mass is 10.0. The zero-order chi connectivity index (χ0) is 26.7. The van der Waals surface area contributed by atoms with Crippen LogP contribution in [0.3, 0.4) is 0 Å². The Bertz CT molecular complexity index is 1740. The second kappa shape index (κ2) is 10.2. The van der Waals surface area contributed by atoms with E-state index in [0.29, 0.717) is 22.8 Å². The van der Waals surface area contributed by atoms with E-state index >= 15 is 0 Å². The number of sulfonamides is 1. The third-order valence-electron chi connectivity index (χ3n) is 5.62. The normalized spacial score (nSPS) is 11.3. The van der Waals surface area contributed by atoms with Gasteiger partial charge < -0.3 is 11.1 Å². The van der Waals surface area contributed by atoms with Gasteiger partial charge in [0.2, 0.25) is 10.0 Å². The molecule has 0 saturated carbocycles. The van der Waals surface area contributed by atoms with Gasteiger partial charge in [-0.1, -0.05) is 42.5 Å². The zero-order valence-corrected chi connectivity index (χ0v) is 21.1. The van der Waals surface area contributed by atoms with Crippen LogP contribution in [0.1, 0.15) is 16.2 Å². The van der Waals surface area contributed by atoms with Crippen LogP contribution >= 0.6 is 0 Å². The quantitative estimate of drug-likeness (QED) is 0.291. The number of pyridine rings is 2. The fourth-order valence-electron chi connectivity index (χ4n) is 3.90. The van der Waals surface area contributed by atoms with Gasteiger partial charge >= 0.3 is 0 Å². The Kier molecular flexibility index (Phi) is 6.67. The summed E-state index contributed by atoms with van der Waals surface area (Å²) in [6.45, 7) is 0.0799. The molecule has 3 aromatic heterocycles. The van der Waals surface area contributed by atoms with E-state index in [2.05, 4.69) is 30.0 Å². The predicted octanol–water partition coefficient (Wildman–Crippen LogP) is 3.64. The van der Waals surface area contributed by atoms with Gasteiger partial charge in [0.15, 0.2) is 11.5 Å². The number of nitrogens with two attached hydrogens (primary N) is 1. The van der Waals surface area contributed by atoms with Gasteiger partial charge in [-0.15, -0.1) is 0 Å². The van der Waals surface area contributed by atoms with Crippen LogP contribution < -0.4 is 15.8 Å². The minimum absolute atomic E-state index is 0.00628. The summed E-state index contributed by atoms with van der Waals surface area (Å²) in [6.07, 6.45) is 4.16. The Hall–Kier alpha value is -4.90. The second-order valence-corrected chi connectivity index (χ2v) is 10.3. The monoisotopic (exact) mass is 525 g/mol. The van der Waals surface area contributed by atoms with Crippen LogP contribution in [0.5, 0.6) is 0 Å². The zero-order valence-electron chi connectivity index (χ0n) is 20.3. The number of amides is 1. The molecule has 0 aliphatic heterocycles. The summed E-state index contributed by atoms with van der Waals surface area (Å²) < 4.78 is 25.1. The minimum atomic E-state index is -3.41. The van der Waals surface area contributed by atoms with Crippen molar-refractivity contribution in [2.45, 2.75) is 6.54 Å². The average Bonchev–Trinajstić information content (AvgIpc) is 2.91. The summed E-state index contributed by atoms with van der Waals surface area (Å²) in [6, 6.07) is 22.2. The molecule has 5 rings (SSSR count). The number of carbonyl (C=O) groups is 1. The van der Waals surface area contributed by atoms with E-state index in [1.54, 1.807) is 18.3 Å². The molecule has 2 aromatic carbocycles. The summed E-state index contributed by atoms with van der Waals surface area (Å²) in [7, 11) is -3.41. The highest BCUT2D eigenvalue weighted by Crippen LogP contribution is 2.32. The van der Waals surface area contributed by atoms with Crippen molar-refractivity contribution < 1.29 is 13.2 Å². The molecular formula is C27H23N7O3S. The number of nitrogens with one attached hydrogen (secondary N) is 2. The SMILES string of the molecule is CS(=O)(=O)Nc1ccc(CNC(=O)c2nc(-c3ccc4ncccc4c3)c(-c3ccccc3)nc2N)nc1. The number of hydrogen-bond donors (Lipinski definition) is 3. The summed E-state index contributed by atoms with van der Waals surface area (Å²) in [4.78, 5) is 30.9. The lowest BCUT2D eigenvalue weighted by Gasteiger charge is -2.14. The number of anilines is 2. The average molecular weight is 526 g/mol. The van der Waals surface area contributed by atoms with Gasteiger partial charge in [0.1, 0.15) is 0 Å². The fourth-order valence-corrected chi connectivity index (χ4v) is 4.44. The van der Waals surface area contributed by atoms with E-state index in [0.717, 1.165) is 28.3 Å². The van der Waals surface area contributed by atoms with Gasteiger partial charge in [0, 0.05) is 22.7 Å². The summed E-state index contributed by atoms with van der Waals surface area (Å²) in [5.41, 5.74) is 10.5. The lowest BCUT2D eigenvalue weighted by Crippen LogP contribution is -2.26. The summed E-state index contributed by atoms with van der Waals surface area (Å²) >= 11 is 0. The Morgan fingerprint density at radius 3 is 2.42 bits per heavy atom. The molecular weight excluding hydrogens is 502 g/mol. The largest absolute Gasteiger partial charge is 0.382 e. The molecule has 0 unspecified atom stereocenters. The number of rotatable bonds is 7. The van der Waals surface area contributed by atoms with Gasteiger partial charge in [-0.2, -0.15) is 0 Å². The maximum absolute atomic E-state index is 13.1. The van der Waals surface area contributed by atoms with Crippen molar-refractivity contribution >= 4 is 38.3 Å². The highest BCUT2D eigenvalue weighted by Gasteiger charge is 2.20. The third-order valence-corrected chi connectivity index (χ3v) is 6.23. The number of aromatic nitrogens is 4. The number of carbonyl (C=O) groups excluding carboxylic acids is 1. The van der Waals surface area contributed by atoms with Crippen LogP contribution in [0, 0.1) is 0 Å². The summed E-state index contributed by atoms with van der Waals surface area (Å²) in [5, 5.41) is 3.68. The standard InChI is InChI=1S/C27H23N7O3S/c1-38(36,37)34-21-11-10-20(30-16-21)15-31-27(35)25-26(28)33-23(17-6-3-2-4-7-17)24(32-25)19-9-12-22-18(14-19)8-5-13-29-22/h2-14,16,34H,15H2,1H3,(H2,28,33)(H,31,35). The Balaban J connectivity index is 1.47. The molecule has 190 valence electrons. The number of fused-ring (bicyclic) bond motifs is 1. The first-order chi connectivity index (χ1) is 18.3. The third kappa shape index (κ3) is 5.57. The van der Waals surface area contributed by atoms with Crippen molar-refractivity contribution in [3.8, 4) is 22.5 Å². The molecule has 10 nitrogen and oxygen atoms in total. The van der Waals surface area contributed by atoms with E-state index in [4.69, 9.17) is 5.73 Å². The highest BCUT2D eigenvalue weighted by molar-refractivity contribution is 7.92. The molecule has 0 bridgehead atoms. The first-order valence-electron chi connectivity index (χ1n) is 11.6. The predicted molar refractivity (Wildman–Crippen MR) is 146 cm³/mol. The smallest absolute Gasteiger partial charge is 0.274 e. The van der Waals surface area contributed by atoms with Gasteiger partial charge in [0.05, 0.1) is 47.3 Å². The van der Waals surface area contributed by atoms with E-state index in [1.807, 2.05) is 60.7 Å². The Morgan fingerprint density at radius 2 is 1.68 bits per heavy atom. The van der Waals surface area contributed by atoms with E-state index in [9.17, 15) is 13.2 Å². The molecule has 0 radical (unpaired) electrons. The maximum Gasteiger partial charge on any atom is 0.274 e. The van der Waals surface area contributed by atoms with Crippen LogP contribution in [0.15, 0.2) is 85.2 Å². The van der Waals surface area contributed by atoms with Crippen molar-refractivity contribution in [3.05, 3.63) is 96.6 Å². The Labute approximate surface area is 219 Å². The van der Waals surface area contributed by atoms with Crippen molar-refractivity contribution in [1.82, 2.24) is 25.3 Å². The van der Waals surface area contributed by atoms with Crippen molar-refractivity contribution in [3.63, 3.8) is 0 Å². The molecule has 38 heavy (non-hydrogen) atoms. The van der Waals surface area contributed by atoms with Crippen LogP contribution in [0.4, 0.5) is 11.5 Å². The van der Waals surface area contributed by atoms with Crippen molar-refractivity contribution in [1.29, 1.82) is 0 Å². The van der Waals surface area contributed by atoms with Gasteiger partial charge in [-0.25, -0.2) is 18.4 Å². The molecule has 0 aliphatic carbocycles. The molecule has 1 amide bonds. The Morgan fingerprint density at radius 1 is 0.895 bits per heavy atom. The van der Waals surface area contributed by atoms with E-state index in [1.165, 1.54) is 6.20 Å². The van der Waals surface area contributed by atoms with Crippen LogP contribution in [0.2, 0.25) is 0 Å². The molecule has 5 aromatic rings. The number of nitrogens with zero attached hydrogens (tertiary/aromatic N) is 4. The molecule has 0 aliphatic rings. The molecule has 3 heterocycles. The second-order valence-electron chi connectivity index (χ2n) is 8.53. The van der Waals surface area contributed by atoms with Crippen LogP contribution in [-0.4, -0.2) is 40.5 Å². The van der Waals surface area contributed by atoms with Crippen molar-refractivity contribution in [2.75, 3.05) is 16.7 Å².